The molecule has 0 aliphatic carbocycles. The van der Waals surface area contributed by atoms with E-state index in [2.05, 4.69) is 42.1 Å². The lowest BCUT2D eigenvalue weighted by Gasteiger charge is -2.29. The Hall–Kier alpha value is -0.770. The Balaban J connectivity index is 2.14. The summed E-state index contributed by atoms with van der Waals surface area (Å²) in [6.07, 6.45) is 3.38. The molecule has 1 aliphatic rings. The molecule has 0 aromatic heterocycles. The summed E-state index contributed by atoms with van der Waals surface area (Å²) in [4.78, 5) is 4.74. The van der Waals surface area contributed by atoms with Gasteiger partial charge >= 0.3 is 0 Å². The first-order chi connectivity index (χ1) is 9.11. The van der Waals surface area contributed by atoms with Gasteiger partial charge < -0.3 is 15.5 Å². The number of nitrogens with two attached hydrogens (primary N) is 1. The summed E-state index contributed by atoms with van der Waals surface area (Å²) in [5, 5.41) is 0.846. The van der Waals surface area contributed by atoms with Crippen LogP contribution >= 0.6 is 11.6 Å². The molecular weight excluding hydrogens is 258 g/mol. The van der Waals surface area contributed by atoms with Gasteiger partial charge in [0.15, 0.2) is 0 Å². The van der Waals surface area contributed by atoms with Crippen LogP contribution in [0.4, 0.5) is 5.69 Å². The highest BCUT2D eigenvalue weighted by atomic mass is 35.5. The Bertz CT molecular complexity index is 420. The average molecular weight is 282 g/mol. The van der Waals surface area contributed by atoms with Gasteiger partial charge in [-0.3, -0.25) is 0 Å². The molecule has 106 valence electrons. The highest BCUT2D eigenvalue weighted by molar-refractivity contribution is 6.31. The van der Waals surface area contributed by atoms with Gasteiger partial charge in [0.05, 0.1) is 0 Å². The number of rotatable bonds is 5. The quantitative estimate of drug-likeness (QED) is 0.899. The molecule has 4 heteroatoms. The maximum absolute atomic E-state index is 6.35. The molecule has 0 saturated carbocycles. The van der Waals surface area contributed by atoms with Crippen molar-refractivity contribution in [2.24, 2.45) is 5.73 Å². The van der Waals surface area contributed by atoms with E-state index in [-0.39, 0.29) is 0 Å². The van der Waals surface area contributed by atoms with E-state index >= 15 is 0 Å². The summed E-state index contributed by atoms with van der Waals surface area (Å²) >= 11 is 6.35. The zero-order valence-corrected chi connectivity index (χ0v) is 12.7. The fourth-order valence-electron chi connectivity index (χ4n) is 2.86. The monoisotopic (exact) mass is 281 g/mol. The Morgan fingerprint density at radius 1 is 1.42 bits per heavy atom. The largest absolute Gasteiger partial charge is 0.367 e. The fraction of sp³-hybridized carbons (Fsp3) is 0.600. The first kappa shape index (κ1) is 14.6. The molecule has 0 radical (unpaired) electrons. The molecule has 0 amide bonds. The first-order valence-corrected chi connectivity index (χ1v) is 7.39. The second kappa shape index (κ2) is 6.60. The van der Waals surface area contributed by atoms with Crippen LogP contribution in [0.25, 0.3) is 0 Å². The molecule has 1 unspecified atom stereocenters. The molecule has 0 spiro atoms. The summed E-state index contributed by atoms with van der Waals surface area (Å²) in [6, 6.07) is 7.01. The van der Waals surface area contributed by atoms with Crippen LogP contribution in [-0.2, 0) is 6.42 Å². The first-order valence-electron chi connectivity index (χ1n) is 7.01. The van der Waals surface area contributed by atoms with E-state index in [0.29, 0.717) is 12.6 Å². The minimum absolute atomic E-state index is 0.603. The topological polar surface area (TPSA) is 32.5 Å². The van der Waals surface area contributed by atoms with Gasteiger partial charge in [0.1, 0.15) is 0 Å². The van der Waals surface area contributed by atoms with E-state index in [4.69, 9.17) is 17.3 Å². The van der Waals surface area contributed by atoms with Crippen LogP contribution in [0.3, 0.4) is 0 Å². The lowest BCUT2D eigenvalue weighted by atomic mass is 10.1. The average Bonchev–Trinajstić information content (AvgIpc) is 2.79. The number of benzene rings is 1. The van der Waals surface area contributed by atoms with E-state index in [1.807, 2.05) is 0 Å². The molecule has 1 aliphatic heterocycles. The predicted octanol–water partition coefficient (Wildman–Crippen LogP) is 2.37. The van der Waals surface area contributed by atoms with E-state index in [1.54, 1.807) is 0 Å². The van der Waals surface area contributed by atoms with Gasteiger partial charge in [-0.1, -0.05) is 17.7 Å². The van der Waals surface area contributed by atoms with Gasteiger partial charge in [-0.2, -0.15) is 0 Å². The predicted molar refractivity (Wildman–Crippen MR) is 83.1 cm³/mol. The lowest BCUT2D eigenvalue weighted by molar-refractivity contribution is 0.372. The minimum Gasteiger partial charge on any atom is -0.367 e. The highest BCUT2D eigenvalue weighted by Gasteiger charge is 2.25. The van der Waals surface area contributed by atoms with Gasteiger partial charge in [0.25, 0.3) is 0 Å². The summed E-state index contributed by atoms with van der Waals surface area (Å²) in [7, 11) is 4.27. The van der Waals surface area contributed by atoms with Crippen molar-refractivity contribution in [2.75, 3.05) is 38.6 Å². The number of hydrogen-bond acceptors (Lipinski definition) is 3. The van der Waals surface area contributed by atoms with E-state index in [9.17, 15) is 0 Å². The molecule has 2 rings (SSSR count). The van der Waals surface area contributed by atoms with Gasteiger partial charge in [0, 0.05) is 29.8 Å². The summed E-state index contributed by atoms with van der Waals surface area (Å²) in [5.41, 5.74) is 7.99. The summed E-state index contributed by atoms with van der Waals surface area (Å²) in [5.74, 6) is 0. The highest BCUT2D eigenvalue weighted by Crippen LogP contribution is 2.29. The van der Waals surface area contributed by atoms with Crippen molar-refractivity contribution >= 4 is 17.3 Å². The molecule has 1 aromatic carbocycles. The Labute approximate surface area is 121 Å². The van der Waals surface area contributed by atoms with E-state index < -0.39 is 0 Å². The van der Waals surface area contributed by atoms with Crippen LogP contribution in [0.15, 0.2) is 18.2 Å². The maximum atomic E-state index is 6.35. The van der Waals surface area contributed by atoms with Crippen LogP contribution in [0.2, 0.25) is 5.02 Å². The minimum atomic E-state index is 0.603. The van der Waals surface area contributed by atoms with Crippen molar-refractivity contribution in [3.05, 3.63) is 28.8 Å². The third-order valence-corrected chi connectivity index (χ3v) is 4.09. The van der Waals surface area contributed by atoms with Crippen LogP contribution < -0.4 is 10.6 Å². The molecule has 1 atom stereocenters. The van der Waals surface area contributed by atoms with Crippen molar-refractivity contribution in [1.82, 2.24) is 4.90 Å². The van der Waals surface area contributed by atoms with Gasteiger partial charge in [-0.05, 0) is 57.6 Å². The molecule has 1 saturated heterocycles. The number of nitrogens with zero attached hydrogens (tertiary/aromatic N) is 2. The van der Waals surface area contributed by atoms with E-state index in [0.717, 1.165) is 30.1 Å². The Morgan fingerprint density at radius 2 is 2.21 bits per heavy atom. The second-order valence-electron chi connectivity index (χ2n) is 5.57. The summed E-state index contributed by atoms with van der Waals surface area (Å²) in [6.45, 7) is 2.87. The molecule has 3 nitrogen and oxygen atoms in total. The Morgan fingerprint density at radius 3 is 2.84 bits per heavy atom. The Kier molecular flexibility index (Phi) is 5.08. The molecule has 1 aromatic rings. The molecule has 1 fully saturated rings. The smallest absolute Gasteiger partial charge is 0.0459 e. The van der Waals surface area contributed by atoms with Crippen LogP contribution in [0.5, 0.6) is 0 Å². The zero-order chi connectivity index (χ0) is 13.8. The number of likely N-dealkylation sites (N-methyl/N-ethyl adjacent to an activating group) is 1. The van der Waals surface area contributed by atoms with Crippen LogP contribution in [0, 0.1) is 0 Å². The molecule has 2 N–H and O–H groups in total. The van der Waals surface area contributed by atoms with Gasteiger partial charge in [-0.25, -0.2) is 0 Å². The summed E-state index contributed by atoms with van der Waals surface area (Å²) < 4.78 is 0. The third kappa shape index (κ3) is 3.62. The van der Waals surface area contributed by atoms with Crippen molar-refractivity contribution in [3.8, 4) is 0 Å². The van der Waals surface area contributed by atoms with Crippen molar-refractivity contribution in [1.29, 1.82) is 0 Å². The molecule has 0 bridgehead atoms. The second-order valence-corrected chi connectivity index (χ2v) is 5.97. The third-order valence-electron chi connectivity index (χ3n) is 3.74. The molecule has 19 heavy (non-hydrogen) atoms. The molecular formula is C15H24ClN3. The van der Waals surface area contributed by atoms with Crippen molar-refractivity contribution in [3.63, 3.8) is 0 Å². The van der Waals surface area contributed by atoms with Gasteiger partial charge in [0.2, 0.25) is 0 Å². The number of hydrogen-bond donors (Lipinski definition) is 1. The normalized spacial score (nSPS) is 19.4. The standard InChI is InChI=1S/C15H24ClN3/c1-18(2)11-14-4-3-9-19(14)13-6-5-12(7-8-17)15(16)10-13/h5-6,10,14H,3-4,7-9,11,17H2,1-2H3. The van der Waals surface area contributed by atoms with E-state index in [1.165, 1.54) is 18.5 Å². The van der Waals surface area contributed by atoms with Crippen molar-refractivity contribution in [2.45, 2.75) is 25.3 Å². The number of halogens is 1. The van der Waals surface area contributed by atoms with Crippen molar-refractivity contribution < 1.29 is 0 Å². The lowest BCUT2D eigenvalue weighted by Crippen LogP contribution is -2.37. The fourth-order valence-corrected chi connectivity index (χ4v) is 3.13. The molecule has 1 heterocycles. The zero-order valence-electron chi connectivity index (χ0n) is 11.9. The maximum Gasteiger partial charge on any atom is 0.0459 e. The number of anilines is 1. The van der Waals surface area contributed by atoms with Crippen LogP contribution in [-0.4, -0.2) is 44.7 Å². The van der Waals surface area contributed by atoms with Gasteiger partial charge in [-0.15, -0.1) is 0 Å². The van der Waals surface area contributed by atoms with Crippen LogP contribution in [0.1, 0.15) is 18.4 Å². The SMILES string of the molecule is CN(C)CC1CCCN1c1ccc(CCN)c(Cl)c1.